The second-order valence-electron chi connectivity index (χ2n) is 6.98. The van der Waals surface area contributed by atoms with Gasteiger partial charge in [0, 0.05) is 24.9 Å². The summed E-state index contributed by atoms with van der Waals surface area (Å²) in [5.41, 5.74) is -0.410. The van der Waals surface area contributed by atoms with E-state index >= 15 is 0 Å². The molecule has 9 nitrogen and oxygen atoms in total. The van der Waals surface area contributed by atoms with Gasteiger partial charge in [-0.2, -0.15) is 5.10 Å². The van der Waals surface area contributed by atoms with Crippen LogP contribution in [0.1, 0.15) is 19.3 Å². The minimum Gasteiger partial charge on any atom is -0.493 e. The predicted molar refractivity (Wildman–Crippen MR) is 105 cm³/mol. The Morgan fingerprint density at radius 1 is 1.14 bits per heavy atom. The number of carbonyl (C=O) groups excluding carboxylic acids is 2. The van der Waals surface area contributed by atoms with Gasteiger partial charge >= 0.3 is 5.97 Å². The Kier molecular flexibility index (Phi) is 6.36. The molecule has 0 spiro atoms. The molecule has 9 heteroatoms. The smallest absolute Gasteiger partial charge is 0.305 e. The van der Waals surface area contributed by atoms with Crippen LogP contribution in [0.15, 0.2) is 23.1 Å². The van der Waals surface area contributed by atoms with Gasteiger partial charge in [-0.05, 0) is 30.9 Å². The van der Waals surface area contributed by atoms with Gasteiger partial charge in [0.05, 0.1) is 32.9 Å². The first-order valence-electron chi connectivity index (χ1n) is 9.43. The summed E-state index contributed by atoms with van der Waals surface area (Å²) in [6.07, 6.45) is 3.36. The van der Waals surface area contributed by atoms with Crippen LogP contribution >= 0.6 is 0 Å². The molecule has 1 aromatic heterocycles. The molecule has 0 N–H and O–H groups in total. The Balaban J connectivity index is 1.75. The van der Waals surface area contributed by atoms with Gasteiger partial charge in [0.1, 0.15) is 6.54 Å². The first-order chi connectivity index (χ1) is 14.0. The Bertz CT molecular complexity index is 963. The van der Waals surface area contributed by atoms with Crippen molar-refractivity contribution in [2.45, 2.75) is 25.8 Å². The van der Waals surface area contributed by atoms with Crippen molar-refractivity contribution >= 4 is 22.6 Å². The molecule has 0 saturated carbocycles. The van der Waals surface area contributed by atoms with Crippen molar-refractivity contribution in [3.8, 4) is 11.5 Å². The van der Waals surface area contributed by atoms with Gasteiger partial charge in [0.25, 0.3) is 5.56 Å². The molecular formula is C20H25N3O6. The van der Waals surface area contributed by atoms with E-state index in [2.05, 4.69) is 5.10 Å². The van der Waals surface area contributed by atoms with Crippen molar-refractivity contribution in [3.05, 3.63) is 28.7 Å². The quantitative estimate of drug-likeness (QED) is 0.669. The Morgan fingerprint density at radius 3 is 2.48 bits per heavy atom. The van der Waals surface area contributed by atoms with Gasteiger partial charge in [-0.3, -0.25) is 14.4 Å². The number of hydrogen-bond acceptors (Lipinski definition) is 7. The van der Waals surface area contributed by atoms with E-state index in [-0.39, 0.29) is 24.3 Å². The first kappa shape index (κ1) is 20.6. The van der Waals surface area contributed by atoms with Crippen LogP contribution in [0, 0.1) is 5.92 Å². The summed E-state index contributed by atoms with van der Waals surface area (Å²) in [7, 11) is 4.34. The number of piperidine rings is 1. The summed E-state index contributed by atoms with van der Waals surface area (Å²) in [5, 5.41) is 5.07. The van der Waals surface area contributed by atoms with Gasteiger partial charge in [-0.25, -0.2) is 4.68 Å². The molecule has 1 fully saturated rings. The molecule has 1 amide bonds. The number of methoxy groups -OCH3 is 3. The van der Waals surface area contributed by atoms with Crippen LogP contribution in [0.5, 0.6) is 11.5 Å². The summed E-state index contributed by atoms with van der Waals surface area (Å²) >= 11 is 0. The van der Waals surface area contributed by atoms with Crippen molar-refractivity contribution in [2.75, 3.05) is 34.4 Å². The predicted octanol–water partition coefficient (Wildman–Crippen LogP) is 1.22. The third kappa shape index (κ3) is 4.33. The Morgan fingerprint density at radius 2 is 1.86 bits per heavy atom. The van der Waals surface area contributed by atoms with Gasteiger partial charge in [-0.15, -0.1) is 0 Å². The highest BCUT2D eigenvalue weighted by atomic mass is 16.5. The minimum absolute atomic E-state index is 0.156. The monoisotopic (exact) mass is 403 g/mol. The van der Waals surface area contributed by atoms with E-state index in [9.17, 15) is 14.4 Å². The number of fused-ring (bicyclic) bond motifs is 1. The molecule has 2 heterocycles. The van der Waals surface area contributed by atoms with Crippen LogP contribution in [0.3, 0.4) is 0 Å². The minimum atomic E-state index is -0.410. The van der Waals surface area contributed by atoms with Gasteiger partial charge in [0.15, 0.2) is 11.5 Å². The van der Waals surface area contributed by atoms with Crippen molar-refractivity contribution in [1.82, 2.24) is 14.7 Å². The van der Waals surface area contributed by atoms with Crippen LogP contribution < -0.4 is 15.0 Å². The van der Waals surface area contributed by atoms with Crippen LogP contribution in [0.4, 0.5) is 0 Å². The number of aromatic nitrogens is 2. The fourth-order valence-corrected chi connectivity index (χ4v) is 3.63. The number of rotatable bonds is 6. The zero-order valence-electron chi connectivity index (χ0n) is 16.8. The van der Waals surface area contributed by atoms with E-state index in [1.165, 1.54) is 27.5 Å². The fraction of sp³-hybridized carbons (Fsp3) is 0.500. The molecule has 0 atom stereocenters. The molecule has 0 unspecified atom stereocenters. The number of amides is 1. The lowest BCUT2D eigenvalue weighted by Crippen LogP contribution is -2.42. The maximum absolute atomic E-state index is 12.9. The third-order valence-electron chi connectivity index (χ3n) is 5.30. The number of likely N-dealkylation sites (tertiary alicyclic amines) is 1. The molecule has 29 heavy (non-hydrogen) atoms. The van der Waals surface area contributed by atoms with E-state index in [1.54, 1.807) is 17.0 Å². The Labute approximate surface area is 168 Å². The molecule has 1 aliphatic heterocycles. The number of nitrogens with zero attached hydrogens (tertiary/aromatic N) is 3. The molecule has 1 aliphatic rings. The number of esters is 1. The SMILES string of the molecule is COC(=O)CC1CCN(C(=O)Cn2ncc3ccc(OC)c(OC)c3c2=O)CC1. The molecule has 1 saturated heterocycles. The van der Waals surface area contributed by atoms with E-state index in [0.29, 0.717) is 41.8 Å². The Hall–Kier alpha value is -3.10. The second kappa shape index (κ2) is 8.93. The molecular weight excluding hydrogens is 378 g/mol. The van der Waals surface area contributed by atoms with Crippen molar-refractivity contribution < 1.29 is 23.8 Å². The highest BCUT2D eigenvalue weighted by molar-refractivity contribution is 5.89. The lowest BCUT2D eigenvalue weighted by Gasteiger charge is -2.31. The van der Waals surface area contributed by atoms with E-state index in [1.807, 2.05) is 0 Å². The van der Waals surface area contributed by atoms with Crippen molar-refractivity contribution in [3.63, 3.8) is 0 Å². The van der Waals surface area contributed by atoms with Gasteiger partial charge < -0.3 is 19.1 Å². The van der Waals surface area contributed by atoms with Gasteiger partial charge in [0.2, 0.25) is 5.91 Å². The lowest BCUT2D eigenvalue weighted by atomic mass is 9.93. The van der Waals surface area contributed by atoms with Crippen LogP contribution in [0.2, 0.25) is 0 Å². The standard InChI is InChI=1S/C20H25N3O6/c1-27-15-5-4-14-11-21-23(20(26)18(14)19(15)29-3)12-16(24)22-8-6-13(7-9-22)10-17(25)28-2/h4-5,11,13H,6-10,12H2,1-3H3. The molecule has 1 aromatic carbocycles. The van der Waals surface area contributed by atoms with Crippen LogP contribution in [-0.4, -0.2) is 61.0 Å². The maximum atomic E-state index is 12.9. The summed E-state index contributed by atoms with van der Waals surface area (Å²) in [6.45, 7) is 0.927. The van der Waals surface area contributed by atoms with Crippen molar-refractivity contribution in [1.29, 1.82) is 0 Å². The maximum Gasteiger partial charge on any atom is 0.305 e. The van der Waals surface area contributed by atoms with Crippen molar-refractivity contribution in [2.24, 2.45) is 5.92 Å². The topological polar surface area (TPSA) is 100.0 Å². The summed E-state index contributed by atoms with van der Waals surface area (Å²) in [5.74, 6) is 0.559. The molecule has 3 rings (SSSR count). The summed E-state index contributed by atoms with van der Waals surface area (Å²) in [4.78, 5) is 38.8. The normalized spacial score (nSPS) is 14.7. The molecule has 0 bridgehead atoms. The number of benzene rings is 1. The average molecular weight is 403 g/mol. The molecule has 2 aromatic rings. The highest BCUT2D eigenvalue weighted by Crippen LogP contribution is 2.32. The average Bonchev–Trinajstić information content (AvgIpc) is 2.75. The van der Waals surface area contributed by atoms with Gasteiger partial charge in [-0.1, -0.05) is 0 Å². The molecule has 0 aliphatic carbocycles. The lowest BCUT2D eigenvalue weighted by molar-refractivity contribution is -0.142. The second-order valence-corrected chi connectivity index (χ2v) is 6.98. The van der Waals surface area contributed by atoms with E-state index in [0.717, 1.165) is 17.5 Å². The summed E-state index contributed by atoms with van der Waals surface area (Å²) in [6, 6.07) is 3.43. The number of hydrogen-bond donors (Lipinski definition) is 0. The highest BCUT2D eigenvalue weighted by Gasteiger charge is 2.25. The first-order valence-corrected chi connectivity index (χ1v) is 9.43. The van der Waals surface area contributed by atoms with Crippen LogP contribution in [-0.2, 0) is 20.9 Å². The molecule has 0 radical (unpaired) electrons. The largest absolute Gasteiger partial charge is 0.493 e. The fourth-order valence-electron chi connectivity index (χ4n) is 3.63. The van der Waals surface area contributed by atoms with E-state index < -0.39 is 5.56 Å². The molecule has 156 valence electrons. The number of ether oxygens (including phenoxy) is 3. The third-order valence-corrected chi connectivity index (χ3v) is 5.30. The summed E-state index contributed by atoms with van der Waals surface area (Å²) < 4.78 is 16.5. The van der Waals surface area contributed by atoms with E-state index in [4.69, 9.17) is 14.2 Å². The zero-order chi connectivity index (χ0) is 21.0. The van der Waals surface area contributed by atoms with Crippen LogP contribution in [0.25, 0.3) is 10.8 Å². The number of carbonyl (C=O) groups is 2. The zero-order valence-corrected chi connectivity index (χ0v) is 16.8.